The molecular weight excluding hydrogens is 560 g/mol. The average molecular weight is 585 g/mol. The van der Waals surface area contributed by atoms with Crippen LogP contribution >= 0.6 is 0 Å². The van der Waals surface area contributed by atoms with E-state index < -0.39 is 26.3 Å². The predicted octanol–water partition coefficient (Wildman–Crippen LogP) is 4.88. The summed E-state index contributed by atoms with van der Waals surface area (Å²) in [5, 5.41) is 5.13. The summed E-state index contributed by atoms with van der Waals surface area (Å²) in [6.07, 6.45) is 0. The minimum absolute atomic E-state index is 0.0206. The lowest BCUT2D eigenvalue weighted by molar-refractivity contribution is 0.262. The Bertz CT molecular complexity index is 1580. The van der Waals surface area contributed by atoms with E-state index in [1.54, 1.807) is 0 Å². The van der Waals surface area contributed by atoms with Gasteiger partial charge in [0.1, 0.15) is 32.8 Å². The van der Waals surface area contributed by atoms with E-state index in [1.807, 2.05) is 0 Å². The van der Waals surface area contributed by atoms with Gasteiger partial charge in [-0.1, -0.05) is 12.1 Å². The number of nitrogens with one attached hydrogen (secondary N) is 2. The molecule has 0 bridgehead atoms. The molecule has 13 heteroatoms. The molecule has 0 aliphatic carbocycles. The Labute approximate surface area is 231 Å². The van der Waals surface area contributed by atoms with Gasteiger partial charge in [0.15, 0.2) is 0 Å². The molecule has 208 valence electrons. The second-order valence-corrected chi connectivity index (χ2v) is 11.2. The fourth-order valence-electron chi connectivity index (χ4n) is 3.38. The van der Waals surface area contributed by atoms with Crippen molar-refractivity contribution in [2.45, 2.75) is 9.79 Å². The third kappa shape index (κ3) is 7.21. The van der Waals surface area contributed by atoms with Crippen LogP contribution in [-0.2, 0) is 20.2 Å². The molecule has 0 atom stereocenters. The van der Waals surface area contributed by atoms with E-state index in [4.69, 9.17) is 17.8 Å². The van der Waals surface area contributed by atoms with Gasteiger partial charge in [0, 0.05) is 23.5 Å². The molecule has 0 unspecified atom stereocenters. The van der Waals surface area contributed by atoms with Crippen molar-refractivity contribution in [3.63, 3.8) is 0 Å². The summed E-state index contributed by atoms with van der Waals surface area (Å²) in [6, 6.07) is 22.3. The second-order valence-electron chi connectivity index (χ2n) is 8.06. The van der Waals surface area contributed by atoms with E-state index in [2.05, 4.69) is 10.6 Å². The summed E-state index contributed by atoms with van der Waals surface area (Å²) in [6.45, 7) is 0. The van der Waals surface area contributed by atoms with E-state index in [-0.39, 0.29) is 32.7 Å². The molecule has 11 nitrogen and oxygen atoms in total. The van der Waals surface area contributed by atoms with E-state index >= 15 is 0 Å². The monoisotopic (exact) mass is 584 g/mol. The zero-order chi connectivity index (χ0) is 28.8. The van der Waals surface area contributed by atoms with Crippen molar-refractivity contribution in [1.82, 2.24) is 0 Å². The van der Waals surface area contributed by atoms with Gasteiger partial charge < -0.3 is 28.5 Å². The third-order valence-electron chi connectivity index (χ3n) is 5.29. The van der Waals surface area contributed by atoms with Crippen molar-refractivity contribution < 1.29 is 39.5 Å². The Hall–Kier alpha value is -4.75. The average Bonchev–Trinajstić information content (AvgIpc) is 2.93. The van der Waals surface area contributed by atoms with Gasteiger partial charge in [-0.25, -0.2) is 4.79 Å². The summed E-state index contributed by atoms with van der Waals surface area (Å²) >= 11 is 0. The van der Waals surface area contributed by atoms with Gasteiger partial charge in [0.05, 0.1) is 14.2 Å². The Morgan fingerprint density at radius 3 is 1.27 bits per heavy atom. The number of urea groups is 1. The number of anilines is 2. The van der Waals surface area contributed by atoms with Gasteiger partial charge in [-0.2, -0.15) is 16.8 Å². The summed E-state index contributed by atoms with van der Waals surface area (Å²) in [5.74, 6) is 0.944. The van der Waals surface area contributed by atoms with E-state index in [0.717, 1.165) is 0 Å². The Morgan fingerprint density at radius 1 is 0.550 bits per heavy atom. The second kappa shape index (κ2) is 12.0. The molecule has 40 heavy (non-hydrogen) atoms. The SMILES string of the molecule is COc1ccc(S(=O)(=O)Oc2cccc(NC(=O)Nc3cccc(OS(=O)(=O)c4ccc(OC)cc4)c3)c2)cc1. The standard InChI is InChI=1S/C27H24N2O9S2/c1-35-21-9-13-25(14-10-21)39(31,32)37-23-7-3-5-19(17-23)28-27(30)29-20-6-4-8-24(18-20)38-40(33,34)26-15-11-22(36-2)12-16-26/h3-18H,1-2H3,(H2,28,29,30). The highest BCUT2D eigenvalue weighted by molar-refractivity contribution is 7.87. The molecule has 2 N–H and O–H groups in total. The van der Waals surface area contributed by atoms with Gasteiger partial charge in [-0.3, -0.25) is 0 Å². The first kappa shape index (κ1) is 28.3. The number of ether oxygens (including phenoxy) is 2. The highest BCUT2D eigenvalue weighted by atomic mass is 32.2. The van der Waals surface area contributed by atoms with Crippen LogP contribution in [0.1, 0.15) is 0 Å². The van der Waals surface area contributed by atoms with Crippen molar-refractivity contribution in [3.05, 3.63) is 97.1 Å². The Morgan fingerprint density at radius 2 is 0.925 bits per heavy atom. The van der Waals surface area contributed by atoms with Crippen LogP contribution in [0.5, 0.6) is 23.0 Å². The molecule has 0 aliphatic rings. The number of benzene rings is 4. The lowest BCUT2D eigenvalue weighted by atomic mass is 10.3. The largest absolute Gasteiger partial charge is 0.497 e. The van der Waals surface area contributed by atoms with Gasteiger partial charge in [-0.15, -0.1) is 0 Å². The first-order chi connectivity index (χ1) is 19.1. The minimum Gasteiger partial charge on any atom is -0.497 e. The first-order valence-electron chi connectivity index (χ1n) is 11.5. The molecule has 4 rings (SSSR count). The molecule has 0 fully saturated rings. The number of carbonyl (C=O) groups excluding carboxylic acids is 1. The minimum atomic E-state index is -4.13. The van der Waals surface area contributed by atoms with Crippen LogP contribution < -0.4 is 28.5 Å². The molecule has 0 heterocycles. The van der Waals surface area contributed by atoms with Gasteiger partial charge >= 0.3 is 26.3 Å². The van der Waals surface area contributed by atoms with Gasteiger partial charge in [0.2, 0.25) is 0 Å². The third-order valence-corrected chi connectivity index (χ3v) is 7.81. The summed E-state index contributed by atoms with van der Waals surface area (Å²) in [4.78, 5) is 12.4. The molecule has 4 aromatic rings. The number of amides is 2. The molecule has 0 radical (unpaired) electrons. The van der Waals surface area contributed by atoms with Crippen molar-refractivity contribution in [2.75, 3.05) is 24.9 Å². The molecule has 4 aromatic carbocycles. The fourth-order valence-corrected chi connectivity index (χ4v) is 5.22. The van der Waals surface area contributed by atoms with Crippen LogP contribution in [0.2, 0.25) is 0 Å². The summed E-state index contributed by atoms with van der Waals surface area (Å²) in [7, 11) is -5.33. The Balaban J connectivity index is 1.40. The molecule has 0 saturated carbocycles. The normalized spacial score (nSPS) is 11.2. The summed E-state index contributed by atoms with van der Waals surface area (Å²) in [5.41, 5.74) is 0.490. The lowest BCUT2D eigenvalue weighted by Gasteiger charge is -2.12. The number of carbonyl (C=O) groups is 1. The van der Waals surface area contributed by atoms with E-state index in [0.29, 0.717) is 11.5 Å². The van der Waals surface area contributed by atoms with Crippen LogP contribution in [0.4, 0.5) is 16.2 Å². The van der Waals surface area contributed by atoms with Crippen LogP contribution in [0.25, 0.3) is 0 Å². The molecule has 2 amide bonds. The van der Waals surface area contributed by atoms with Crippen LogP contribution in [0.15, 0.2) is 107 Å². The molecule has 0 aromatic heterocycles. The van der Waals surface area contributed by atoms with Crippen LogP contribution in [-0.4, -0.2) is 37.1 Å². The highest BCUT2D eigenvalue weighted by Crippen LogP contribution is 2.25. The number of methoxy groups -OCH3 is 2. The number of hydrogen-bond donors (Lipinski definition) is 2. The van der Waals surface area contributed by atoms with Crippen molar-refractivity contribution in [1.29, 1.82) is 0 Å². The van der Waals surface area contributed by atoms with Gasteiger partial charge in [-0.05, 0) is 72.8 Å². The number of rotatable bonds is 10. The predicted molar refractivity (Wildman–Crippen MR) is 147 cm³/mol. The zero-order valence-corrected chi connectivity index (χ0v) is 22.9. The quantitative estimate of drug-likeness (QED) is 0.249. The van der Waals surface area contributed by atoms with Gasteiger partial charge in [0.25, 0.3) is 0 Å². The maximum Gasteiger partial charge on any atom is 0.339 e. The van der Waals surface area contributed by atoms with Crippen molar-refractivity contribution in [3.8, 4) is 23.0 Å². The molecular formula is C27H24N2O9S2. The van der Waals surface area contributed by atoms with Crippen molar-refractivity contribution >= 4 is 37.6 Å². The molecule has 0 spiro atoms. The number of hydrogen-bond acceptors (Lipinski definition) is 9. The molecule has 0 saturated heterocycles. The topological polar surface area (TPSA) is 146 Å². The smallest absolute Gasteiger partial charge is 0.339 e. The lowest BCUT2D eigenvalue weighted by Crippen LogP contribution is -2.19. The van der Waals surface area contributed by atoms with Crippen LogP contribution in [0.3, 0.4) is 0 Å². The van der Waals surface area contributed by atoms with Crippen LogP contribution in [0, 0.1) is 0 Å². The maximum absolute atomic E-state index is 12.6. The highest BCUT2D eigenvalue weighted by Gasteiger charge is 2.18. The zero-order valence-electron chi connectivity index (χ0n) is 21.2. The molecule has 0 aliphatic heterocycles. The maximum atomic E-state index is 12.6. The summed E-state index contributed by atoms with van der Waals surface area (Å²) < 4.78 is 70.9. The fraction of sp³-hybridized carbons (Fsp3) is 0.0741. The first-order valence-corrected chi connectivity index (χ1v) is 14.3. The van der Waals surface area contributed by atoms with E-state index in [1.165, 1.54) is 111 Å². The van der Waals surface area contributed by atoms with Crippen molar-refractivity contribution in [2.24, 2.45) is 0 Å². The van der Waals surface area contributed by atoms with E-state index in [9.17, 15) is 21.6 Å². The Kier molecular flexibility index (Phi) is 8.46.